The fraction of sp³-hybridized carbons (Fsp3) is 0.429. The lowest BCUT2D eigenvalue weighted by Crippen LogP contribution is -2.48. The number of hydrogen-bond acceptors (Lipinski definition) is 5. The molecule has 2 amide bonds. The molecule has 2 aromatic heterocycles. The number of hydrogen-bond donors (Lipinski definition) is 0. The van der Waals surface area contributed by atoms with E-state index in [-0.39, 0.29) is 11.8 Å². The molecule has 0 atom stereocenters. The van der Waals surface area contributed by atoms with Gasteiger partial charge in [0.05, 0.1) is 0 Å². The number of amides is 2. The van der Waals surface area contributed by atoms with Crippen molar-refractivity contribution in [3.8, 4) is 0 Å². The van der Waals surface area contributed by atoms with Crippen molar-refractivity contribution >= 4 is 11.8 Å². The van der Waals surface area contributed by atoms with Gasteiger partial charge in [-0.3, -0.25) is 14.6 Å². The largest absolute Gasteiger partial charge is 0.340 e. The first-order valence-corrected chi connectivity index (χ1v) is 9.71. The summed E-state index contributed by atoms with van der Waals surface area (Å²) in [7, 11) is 1.75. The molecule has 0 radical (unpaired) electrons. The molecule has 1 saturated heterocycles. The van der Waals surface area contributed by atoms with Crippen molar-refractivity contribution in [1.29, 1.82) is 0 Å². The Kier molecular flexibility index (Phi) is 6.71. The number of nitrogens with zero attached hydrogens (tertiary/aromatic N) is 5. The summed E-state index contributed by atoms with van der Waals surface area (Å²) in [5, 5.41) is 0. The van der Waals surface area contributed by atoms with Crippen LogP contribution in [0.5, 0.6) is 0 Å². The molecule has 3 heterocycles. The van der Waals surface area contributed by atoms with Crippen molar-refractivity contribution in [3.63, 3.8) is 0 Å². The van der Waals surface area contributed by atoms with Crippen LogP contribution in [0.15, 0.2) is 42.7 Å². The predicted octanol–water partition coefficient (Wildman–Crippen LogP) is 1.57. The molecule has 0 unspecified atom stereocenters. The molecule has 3 rings (SSSR count). The molecule has 0 spiro atoms. The van der Waals surface area contributed by atoms with Crippen LogP contribution in [-0.4, -0.2) is 82.8 Å². The number of aromatic nitrogens is 2. The molecular weight excluding hydrogens is 354 g/mol. The van der Waals surface area contributed by atoms with Crippen LogP contribution in [0.3, 0.4) is 0 Å². The lowest BCUT2D eigenvalue weighted by Gasteiger charge is -2.33. The zero-order chi connectivity index (χ0) is 19.9. The Hall–Kier alpha value is -2.80. The first-order valence-electron chi connectivity index (χ1n) is 9.71. The minimum Gasteiger partial charge on any atom is -0.340 e. The Labute approximate surface area is 166 Å². The van der Waals surface area contributed by atoms with E-state index >= 15 is 0 Å². The second-order valence-electron chi connectivity index (χ2n) is 6.97. The van der Waals surface area contributed by atoms with Crippen LogP contribution in [0.1, 0.15) is 33.5 Å². The van der Waals surface area contributed by atoms with Gasteiger partial charge in [0.15, 0.2) is 0 Å². The third-order valence-electron chi connectivity index (χ3n) is 5.13. The van der Waals surface area contributed by atoms with E-state index in [1.165, 1.54) is 0 Å². The third kappa shape index (κ3) is 4.92. The van der Waals surface area contributed by atoms with Gasteiger partial charge in [-0.15, -0.1) is 0 Å². The van der Waals surface area contributed by atoms with E-state index in [1.807, 2.05) is 17.0 Å². The summed E-state index contributed by atoms with van der Waals surface area (Å²) in [4.78, 5) is 39.6. The molecule has 1 aliphatic heterocycles. The summed E-state index contributed by atoms with van der Waals surface area (Å²) >= 11 is 0. The van der Waals surface area contributed by atoms with Crippen LogP contribution in [0.4, 0.5) is 0 Å². The van der Waals surface area contributed by atoms with Gasteiger partial charge in [-0.05, 0) is 42.8 Å². The van der Waals surface area contributed by atoms with Crippen LogP contribution in [0.25, 0.3) is 0 Å². The van der Waals surface area contributed by atoms with Gasteiger partial charge >= 0.3 is 0 Å². The van der Waals surface area contributed by atoms with E-state index < -0.39 is 0 Å². The normalized spacial score (nSPS) is 14.7. The standard InChI is InChI=1S/C21H27N5O2/c1-3-25-13-15-26(16-14-25)21(28)19-6-4-5-18(23-19)20(27)24(2)12-9-17-7-10-22-11-8-17/h4-8,10-11H,3,9,12-16H2,1-2H3. The van der Waals surface area contributed by atoms with Crippen LogP contribution < -0.4 is 0 Å². The van der Waals surface area contributed by atoms with Crippen molar-refractivity contribution in [3.05, 3.63) is 59.7 Å². The summed E-state index contributed by atoms with van der Waals surface area (Å²) in [5.41, 5.74) is 1.76. The Morgan fingerprint density at radius 1 is 1.04 bits per heavy atom. The number of carbonyl (C=O) groups is 2. The number of piperazine rings is 1. The van der Waals surface area contributed by atoms with Crippen LogP contribution in [-0.2, 0) is 6.42 Å². The van der Waals surface area contributed by atoms with E-state index in [9.17, 15) is 9.59 Å². The lowest BCUT2D eigenvalue weighted by molar-refractivity contribution is 0.0637. The molecule has 28 heavy (non-hydrogen) atoms. The minimum absolute atomic E-state index is 0.107. The van der Waals surface area contributed by atoms with E-state index in [0.29, 0.717) is 31.0 Å². The summed E-state index contributed by atoms with van der Waals surface area (Å²) in [5.74, 6) is -0.288. The van der Waals surface area contributed by atoms with Gasteiger partial charge in [0, 0.05) is 52.2 Å². The Morgan fingerprint density at radius 3 is 2.39 bits per heavy atom. The van der Waals surface area contributed by atoms with Gasteiger partial charge in [0.2, 0.25) is 0 Å². The summed E-state index contributed by atoms with van der Waals surface area (Å²) < 4.78 is 0. The zero-order valence-electron chi connectivity index (χ0n) is 16.5. The highest BCUT2D eigenvalue weighted by Crippen LogP contribution is 2.10. The molecule has 0 aliphatic carbocycles. The Morgan fingerprint density at radius 2 is 1.71 bits per heavy atom. The number of likely N-dealkylation sites (N-methyl/N-ethyl adjacent to an activating group) is 2. The van der Waals surface area contributed by atoms with Crippen molar-refractivity contribution < 1.29 is 9.59 Å². The van der Waals surface area contributed by atoms with E-state index in [2.05, 4.69) is 21.8 Å². The Bertz CT molecular complexity index is 803. The number of carbonyl (C=O) groups excluding carboxylic acids is 2. The number of pyridine rings is 2. The van der Waals surface area contributed by atoms with Crippen molar-refractivity contribution in [2.75, 3.05) is 46.3 Å². The fourth-order valence-corrected chi connectivity index (χ4v) is 3.25. The van der Waals surface area contributed by atoms with Crippen LogP contribution in [0, 0.1) is 0 Å². The molecule has 1 aliphatic rings. The third-order valence-corrected chi connectivity index (χ3v) is 5.13. The van der Waals surface area contributed by atoms with Gasteiger partial charge in [0.25, 0.3) is 11.8 Å². The fourth-order valence-electron chi connectivity index (χ4n) is 3.25. The van der Waals surface area contributed by atoms with Gasteiger partial charge in [-0.25, -0.2) is 4.98 Å². The molecule has 2 aromatic rings. The highest BCUT2D eigenvalue weighted by atomic mass is 16.2. The van der Waals surface area contributed by atoms with Gasteiger partial charge in [-0.2, -0.15) is 0 Å². The minimum atomic E-state index is -0.181. The van der Waals surface area contributed by atoms with Crippen LogP contribution in [0.2, 0.25) is 0 Å². The monoisotopic (exact) mass is 381 g/mol. The molecule has 148 valence electrons. The zero-order valence-corrected chi connectivity index (χ0v) is 16.5. The second kappa shape index (κ2) is 9.41. The molecule has 7 nitrogen and oxygen atoms in total. The SMILES string of the molecule is CCN1CCN(C(=O)c2cccc(C(=O)N(C)CCc3ccncc3)n2)CC1. The van der Waals surface area contributed by atoms with Crippen molar-refractivity contribution in [2.24, 2.45) is 0 Å². The first-order chi connectivity index (χ1) is 13.6. The highest BCUT2D eigenvalue weighted by molar-refractivity contribution is 5.96. The van der Waals surface area contributed by atoms with E-state index in [0.717, 1.165) is 31.6 Å². The second-order valence-corrected chi connectivity index (χ2v) is 6.97. The van der Waals surface area contributed by atoms with E-state index in [4.69, 9.17) is 0 Å². The van der Waals surface area contributed by atoms with Gasteiger partial charge in [-0.1, -0.05) is 13.0 Å². The topological polar surface area (TPSA) is 69.6 Å². The van der Waals surface area contributed by atoms with Crippen LogP contribution >= 0.6 is 0 Å². The highest BCUT2D eigenvalue weighted by Gasteiger charge is 2.23. The summed E-state index contributed by atoms with van der Waals surface area (Å²) in [6.07, 6.45) is 4.23. The average molecular weight is 381 g/mol. The average Bonchev–Trinajstić information content (AvgIpc) is 2.77. The first kappa shape index (κ1) is 19.9. The molecule has 0 saturated carbocycles. The molecule has 0 aromatic carbocycles. The molecular formula is C21H27N5O2. The predicted molar refractivity (Wildman–Crippen MR) is 107 cm³/mol. The quantitative estimate of drug-likeness (QED) is 0.760. The molecule has 0 bridgehead atoms. The number of rotatable bonds is 6. The molecule has 1 fully saturated rings. The van der Waals surface area contributed by atoms with Gasteiger partial charge < -0.3 is 14.7 Å². The lowest BCUT2D eigenvalue weighted by atomic mass is 10.2. The maximum Gasteiger partial charge on any atom is 0.272 e. The van der Waals surface area contributed by atoms with Crippen molar-refractivity contribution in [1.82, 2.24) is 24.7 Å². The molecule has 7 heteroatoms. The Balaban J connectivity index is 1.61. The maximum absolute atomic E-state index is 12.8. The van der Waals surface area contributed by atoms with Gasteiger partial charge in [0.1, 0.15) is 11.4 Å². The summed E-state index contributed by atoms with van der Waals surface area (Å²) in [6.45, 7) is 6.82. The van der Waals surface area contributed by atoms with Crippen molar-refractivity contribution in [2.45, 2.75) is 13.3 Å². The maximum atomic E-state index is 12.8. The summed E-state index contributed by atoms with van der Waals surface area (Å²) in [6, 6.07) is 8.95. The molecule has 0 N–H and O–H groups in total. The smallest absolute Gasteiger partial charge is 0.272 e. The van der Waals surface area contributed by atoms with E-state index in [1.54, 1.807) is 42.5 Å².